The van der Waals surface area contributed by atoms with Crippen molar-refractivity contribution in [3.8, 4) is 0 Å². The number of hydrogen-bond acceptors (Lipinski definition) is 3. The van der Waals surface area contributed by atoms with Gasteiger partial charge >= 0.3 is 0 Å². The first kappa shape index (κ1) is 15.7. The quantitative estimate of drug-likeness (QED) is 0.748. The molecule has 0 aromatic heterocycles. The van der Waals surface area contributed by atoms with Crippen molar-refractivity contribution in [2.75, 3.05) is 11.5 Å². The van der Waals surface area contributed by atoms with Crippen LogP contribution in [0.4, 0.5) is 0 Å². The van der Waals surface area contributed by atoms with Crippen molar-refractivity contribution in [2.24, 2.45) is 11.3 Å². The van der Waals surface area contributed by atoms with Gasteiger partial charge in [0.15, 0.2) is 0 Å². The van der Waals surface area contributed by atoms with E-state index < -0.39 is 9.84 Å². The Bertz CT molecular complexity index is 372. The largest absolute Gasteiger partial charge is 0.299 e. The summed E-state index contributed by atoms with van der Waals surface area (Å²) in [5.74, 6) is 0.797. The van der Waals surface area contributed by atoms with Crippen LogP contribution in [0.3, 0.4) is 0 Å². The van der Waals surface area contributed by atoms with E-state index in [9.17, 15) is 13.2 Å². The normalized spacial score (nSPS) is 20.8. The van der Waals surface area contributed by atoms with Crippen molar-refractivity contribution < 1.29 is 13.2 Å². The molecule has 0 saturated heterocycles. The summed E-state index contributed by atoms with van der Waals surface area (Å²) in [6, 6.07) is 0. The lowest BCUT2D eigenvalue weighted by atomic mass is 9.71. The average molecular weight is 274 g/mol. The minimum atomic E-state index is -2.92. The van der Waals surface area contributed by atoms with Gasteiger partial charge in [-0.2, -0.15) is 0 Å². The van der Waals surface area contributed by atoms with Crippen molar-refractivity contribution in [3.05, 3.63) is 0 Å². The lowest BCUT2D eigenvalue weighted by molar-refractivity contribution is -0.124. The molecule has 0 aromatic carbocycles. The second-order valence-electron chi connectivity index (χ2n) is 6.24. The molecule has 0 aliphatic heterocycles. The number of hydrogen-bond donors (Lipinski definition) is 0. The van der Waals surface area contributed by atoms with Crippen molar-refractivity contribution in [1.82, 2.24) is 0 Å². The van der Waals surface area contributed by atoms with Gasteiger partial charge in [0.2, 0.25) is 0 Å². The van der Waals surface area contributed by atoms with Crippen LogP contribution in [-0.4, -0.2) is 25.7 Å². The van der Waals surface area contributed by atoms with Gasteiger partial charge in [-0.25, -0.2) is 8.42 Å². The van der Waals surface area contributed by atoms with Crippen molar-refractivity contribution in [1.29, 1.82) is 0 Å². The topological polar surface area (TPSA) is 51.2 Å². The Morgan fingerprint density at radius 3 is 2.28 bits per heavy atom. The lowest BCUT2D eigenvalue weighted by Crippen LogP contribution is -2.26. The number of carbonyl (C=O) groups is 1. The molecule has 4 heteroatoms. The maximum Gasteiger partial charge on any atom is 0.150 e. The van der Waals surface area contributed by atoms with Gasteiger partial charge < -0.3 is 0 Å². The fourth-order valence-electron chi connectivity index (χ4n) is 2.54. The molecule has 18 heavy (non-hydrogen) atoms. The molecule has 106 valence electrons. The Labute approximate surface area is 111 Å². The lowest BCUT2D eigenvalue weighted by Gasteiger charge is -2.33. The Morgan fingerprint density at radius 2 is 1.78 bits per heavy atom. The molecule has 1 aliphatic rings. The predicted molar refractivity (Wildman–Crippen MR) is 74.3 cm³/mol. The minimum absolute atomic E-state index is 0.160. The van der Waals surface area contributed by atoms with Crippen LogP contribution in [0.15, 0.2) is 0 Å². The van der Waals surface area contributed by atoms with Crippen molar-refractivity contribution in [2.45, 2.75) is 59.3 Å². The second kappa shape index (κ2) is 6.18. The summed E-state index contributed by atoms with van der Waals surface area (Å²) in [7, 11) is -2.92. The first-order valence-corrected chi connectivity index (χ1v) is 8.81. The molecule has 3 nitrogen and oxygen atoms in total. The third kappa shape index (κ3) is 5.09. The summed E-state index contributed by atoms with van der Waals surface area (Å²) in [5, 5.41) is 0. The molecule has 0 aromatic rings. The van der Waals surface area contributed by atoms with Crippen molar-refractivity contribution >= 4 is 15.6 Å². The smallest absolute Gasteiger partial charge is 0.150 e. The summed E-state index contributed by atoms with van der Waals surface area (Å²) in [6.45, 7) is 6.16. The zero-order valence-electron chi connectivity index (χ0n) is 11.9. The standard InChI is InChI=1S/C14H26O3S/c1-4-18(16,17)11-5-6-13(15)12-7-9-14(2,3)10-8-12/h12H,4-11H2,1-3H3. The molecule has 0 unspecified atom stereocenters. The Hall–Kier alpha value is -0.380. The fourth-order valence-corrected chi connectivity index (χ4v) is 3.41. The molecule has 1 saturated carbocycles. The van der Waals surface area contributed by atoms with E-state index in [2.05, 4.69) is 13.8 Å². The van der Waals surface area contributed by atoms with Gasteiger partial charge in [-0.1, -0.05) is 20.8 Å². The molecule has 0 radical (unpaired) electrons. The molecule has 1 rings (SSSR count). The number of ketones is 1. The van der Waals surface area contributed by atoms with Gasteiger partial charge in [-0.15, -0.1) is 0 Å². The predicted octanol–water partition coefficient (Wildman–Crippen LogP) is 2.99. The van der Waals surface area contributed by atoms with E-state index in [4.69, 9.17) is 0 Å². The summed E-state index contributed by atoms with van der Waals surface area (Å²) >= 11 is 0. The average Bonchev–Trinajstić information content (AvgIpc) is 2.28. The van der Waals surface area contributed by atoms with E-state index in [1.165, 1.54) is 0 Å². The number of carbonyl (C=O) groups excluding carboxylic acids is 1. The van der Waals surface area contributed by atoms with Gasteiger partial charge in [-0.05, 0) is 37.5 Å². The van der Waals surface area contributed by atoms with Gasteiger partial charge in [-0.3, -0.25) is 4.79 Å². The number of Topliss-reactive ketones (excluding diaryl/α,β-unsaturated/α-hetero) is 1. The molecule has 0 spiro atoms. The summed E-state index contributed by atoms with van der Waals surface area (Å²) in [5.41, 5.74) is 0.377. The summed E-state index contributed by atoms with van der Waals surface area (Å²) < 4.78 is 22.7. The number of rotatable bonds is 6. The molecule has 0 heterocycles. The number of sulfone groups is 1. The molecular weight excluding hydrogens is 248 g/mol. The van der Waals surface area contributed by atoms with Crippen LogP contribution in [-0.2, 0) is 14.6 Å². The minimum Gasteiger partial charge on any atom is -0.299 e. The zero-order valence-corrected chi connectivity index (χ0v) is 12.7. The monoisotopic (exact) mass is 274 g/mol. The first-order chi connectivity index (χ1) is 8.26. The Kier molecular flexibility index (Phi) is 5.38. The van der Waals surface area contributed by atoms with E-state index in [-0.39, 0.29) is 23.2 Å². The van der Waals surface area contributed by atoms with Gasteiger partial charge in [0.05, 0.1) is 5.75 Å². The highest BCUT2D eigenvalue weighted by molar-refractivity contribution is 7.91. The highest BCUT2D eigenvalue weighted by atomic mass is 32.2. The van der Waals surface area contributed by atoms with E-state index in [0.29, 0.717) is 18.3 Å². The Balaban J connectivity index is 2.30. The maximum absolute atomic E-state index is 12.0. The van der Waals surface area contributed by atoms with E-state index in [0.717, 1.165) is 25.7 Å². The van der Waals surface area contributed by atoms with Crippen LogP contribution >= 0.6 is 0 Å². The van der Waals surface area contributed by atoms with E-state index >= 15 is 0 Å². The third-order valence-electron chi connectivity index (χ3n) is 4.11. The van der Waals surface area contributed by atoms with Crippen LogP contribution in [0.1, 0.15) is 59.3 Å². The van der Waals surface area contributed by atoms with Crippen molar-refractivity contribution in [3.63, 3.8) is 0 Å². The Morgan fingerprint density at radius 1 is 1.22 bits per heavy atom. The fraction of sp³-hybridized carbons (Fsp3) is 0.929. The first-order valence-electron chi connectivity index (χ1n) is 6.99. The highest BCUT2D eigenvalue weighted by Gasteiger charge is 2.30. The third-order valence-corrected chi connectivity index (χ3v) is 5.90. The van der Waals surface area contributed by atoms with Gasteiger partial charge in [0.1, 0.15) is 15.6 Å². The molecule has 0 N–H and O–H groups in total. The molecular formula is C14H26O3S. The molecule has 0 amide bonds. The summed E-state index contributed by atoms with van der Waals surface area (Å²) in [6.07, 6.45) is 5.10. The molecule has 0 bridgehead atoms. The van der Waals surface area contributed by atoms with Gasteiger partial charge in [0, 0.05) is 18.1 Å². The van der Waals surface area contributed by atoms with E-state index in [1.807, 2.05) is 0 Å². The van der Waals surface area contributed by atoms with Crippen LogP contribution < -0.4 is 0 Å². The molecule has 1 fully saturated rings. The highest BCUT2D eigenvalue weighted by Crippen LogP contribution is 2.38. The van der Waals surface area contributed by atoms with Crippen LogP contribution in [0.25, 0.3) is 0 Å². The molecule has 0 atom stereocenters. The SMILES string of the molecule is CCS(=O)(=O)CCCC(=O)C1CCC(C)(C)CC1. The van der Waals surface area contributed by atoms with E-state index in [1.54, 1.807) is 6.92 Å². The molecule has 1 aliphatic carbocycles. The second-order valence-corrected chi connectivity index (χ2v) is 8.72. The van der Waals surface area contributed by atoms with Crippen LogP contribution in [0.5, 0.6) is 0 Å². The zero-order chi connectivity index (χ0) is 13.8. The maximum atomic E-state index is 12.0. The van der Waals surface area contributed by atoms with Crippen LogP contribution in [0, 0.1) is 11.3 Å². The van der Waals surface area contributed by atoms with Gasteiger partial charge in [0.25, 0.3) is 0 Å². The summed E-state index contributed by atoms with van der Waals surface area (Å²) in [4.78, 5) is 12.0. The van der Waals surface area contributed by atoms with Crippen LogP contribution in [0.2, 0.25) is 0 Å².